The number of ether oxygens (including phenoxy) is 1. The van der Waals surface area contributed by atoms with Crippen molar-refractivity contribution in [1.82, 2.24) is 24.4 Å². The smallest absolute Gasteiger partial charge is 0.261 e. The van der Waals surface area contributed by atoms with Crippen LogP contribution in [0.25, 0.3) is 16.8 Å². The number of fused-ring (bicyclic) bond motifs is 1. The molecule has 5 rings (SSSR count). The number of hydrogen-bond donors (Lipinski definition) is 2. The topological polar surface area (TPSA) is 135 Å². The molecule has 11 nitrogen and oxygen atoms in total. The van der Waals surface area contributed by atoms with Crippen molar-refractivity contribution in [1.29, 1.82) is 0 Å². The van der Waals surface area contributed by atoms with Crippen LogP contribution >= 0.6 is 0 Å². The summed E-state index contributed by atoms with van der Waals surface area (Å²) < 4.78 is 35.0. The van der Waals surface area contributed by atoms with Gasteiger partial charge in [0.05, 0.1) is 23.9 Å². The number of aromatic nitrogens is 3. The van der Waals surface area contributed by atoms with Crippen molar-refractivity contribution >= 4 is 33.1 Å². The van der Waals surface area contributed by atoms with Crippen LogP contribution in [0.5, 0.6) is 5.75 Å². The molecule has 0 bridgehead atoms. The lowest BCUT2D eigenvalue weighted by Crippen LogP contribution is -2.34. The van der Waals surface area contributed by atoms with Crippen molar-refractivity contribution in [3.05, 3.63) is 66.0 Å². The number of carbonyl (C=O) groups excluding carboxylic acids is 1. The largest absolute Gasteiger partial charge is 0.497 e. The zero-order valence-corrected chi connectivity index (χ0v) is 23.1. The van der Waals surface area contributed by atoms with Crippen LogP contribution in [0.1, 0.15) is 22.3 Å². The van der Waals surface area contributed by atoms with Crippen molar-refractivity contribution < 1.29 is 17.9 Å². The molecule has 1 amide bonds. The second kappa shape index (κ2) is 10.2. The molecule has 3 N–H and O–H groups in total. The number of amides is 1. The first kappa shape index (κ1) is 26.4. The van der Waals surface area contributed by atoms with E-state index in [0.29, 0.717) is 58.7 Å². The average Bonchev–Trinajstić information content (AvgIpc) is 3.58. The molecular weight excluding hydrogens is 518 g/mol. The van der Waals surface area contributed by atoms with Gasteiger partial charge in [-0.15, -0.1) is 0 Å². The highest BCUT2D eigenvalue weighted by Gasteiger charge is 2.30. The number of anilines is 2. The van der Waals surface area contributed by atoms with Crippen LogP contribution in [0.4, 0.5) is 11.5 Å². The number of rotatable bonds is 7. The molecule has 2 aromatic heterocycles. The van der Waals surface area contributed by atoms with E-state index in [-0.39, 0.29) is 10.8 Å². The third kappa shape index (κ3) is 5.00. The number of nitrogens with one attached hydrogen (secondary N) is 1. The van der Waals surface area contributed by atoms with E-state index in [4.69, 9.17) is 10.5 Å². The summed E-state index contributed by atoms with van der Waals surface area (Å²) in [6.07, 6.45) is 4.05. The SMILES string of the molecule is COc1ccc(S(=O)(=O)Nc2ccc(-c3cnc4c(C(=O)N5CCC(N(C)C)C5)cnn4c3N)cc2C)cc1. The van der Waals surface area contributed by atoms with Gasteiger partial charge in [0.25, 0.3) is 15.9 Å². The molecule has 0 aliphatic carbocycles. The molecule has 1 fully saturated rings. The summed E-state index contributed by atoms with van der Waals surface area (Å²) >= 11 is 0. The lowest BCUT2D eigenvalue weighted by atomic mass is 10.0. The second-order valence-corrected chi connectivity index (χ2v) is 11.5. The van der Waals surface area contributed by atoms with Gasteiger partial charge < -0.3 is 20.3 Å². The van der Waals surface area contributed by atoms with Crippen molar-refractivity contribution in [2.75, 3.05) is 44.8 Å². The minimum absolute atomic E-state index is 0.113. The van der Waals surface area contributed by atoms with Crippen molar-refractivity contribution in [3.63, 3.8) is 0 Å². The normalized spacial score (nSPS) is 15.7. The molecule has 1 atom stereocenters. The average molecular weight is 550 g/mol. The minimum Gasteiger partial charge on any atom is -0.497 e. The number of aryl methyl sites for hydroxylation is 1. The quantitative estimate of drug-likeness (QED) is 0.359. The fourth-order valence-corrected chi connectivity index (χ4v) is 5.87. The first-order chi connectivity index (χ1) is 18.6. The zero-order chi connectivity index (χ0) is 27.9. The van der Waals surface area contributed by atoms with Gasteiger partial charge in [-0.3, -0.25) is 9.52 Å². The van der Waals surface area contributed by atoms with E-state index in [1.807, 2.05) is 25.1 Å². The maximum atomic E-state index is 13.2. The Hall–Kier alpha value is -4.16. The van der Waals surface area contributed by atoms with Gasteiger partial charge in [-0.2, -0.15) is 9.61 Å². The van der Waals surface area contributed by atoms with Gasteiger partial charge in [0.15, 0.2) is 5.65 Å². The third-order valence-corrected chi connectivity index (χ3v) is 8.51. The van der Waals surface area contributed by atoms with E-state index >= 15 is 0 Å². The number of nitrogens with two attached hydrogens (primary N) is 1. The van der Waals surface area contributed by atoms with E-state index in [1.54, 1.807) is 37.4 Å². The highest BCUT2D eigenvalue weighted by Crippen LogP contribution is 2.31. The Morgan fingerprint density at radius 1 is 1.15 bits per heavy atom. The van der Waals surface area contributed by atoms with Gasteiger partial charge in [0.2, 0.25) is 0 Å². The number of carbonyl (C=O) groups is 1. The van der Waals surface area contributed by atoms with Gasteiger partial charge >= 0.3 is 0 Å². The van der Waals surface area contributed by atoms with Crippen molar-refractivity contribution in [2.45, 2.75) is 24.3 Å². The van der Waals surface area contributed by atoms with Crippen molar-refractivity contribution in [2.24, 2.45) is 0 Å². The predicted molar refractivity (Wildman–Crippen MR) is 149 cm³/mol. The molecule has 0 saturated carbocycles. The van der Waals surface area contributed by atoms with E-state index in [0.717, 1.165) is 12.0 Å². The Labute approximate surface area is 227 Å². The number of likely N-dealkylation sites (tertiary alicyclic amines) is 1. The Morgan fingerprint density at radius 3 is 2.54 bits per heavy atom. The number of likely N-dealkylation sites (N-methyl/N-ethyl adjacent to an activating group) is 1. The molecule has 1 aliphatic rings. The minimum atomic E-state index is -3.79. The number of hydrogen-bond acceptors (Lipinski definition) is 8. The van der Waals surface area contributed by atoms with E-state index < -0.39 is 10.0 Å². The lowest BCUT2D eigenvalue weighted by Gasteiger charge is -2.20. The standard InChI is InChI=1S/C27H31N7O4S/c1-17-13-18(5-10-24(17)31-39(36,37)21-8-6-20(38-4)7-9-21)22-14-29-26-23(15-30-34(26)25(22)28)27(35)33-12-11-19(16-33)32(2)3/h5-10,13-15,19,31H,11-12,16,28H2,1-4H3. The number of methoxy groups -OCH3 is 1. The molecule has 2 aromatic carbocycles. The van der Waals surface area contributed by atoms with E-state index in [9.17, 15) is 13.2 Å². The van der Waals surface area contributed by atoms with E-state index in [1.165, 1.54) is 30.0 Å². The molecule has 3 heterocycles. The number of sulfonamides is 1. The molecule has 4 aromatic rings. The monoisotopic (exact) mass is 549 g/mol. The highest BCUT2D eigenvalue weighted by molar-refractivity contribution is 7.92. The molecule has 0 spiro atoms. The molecule has 1 saturated heterocycles. The predicted octanol–water partition coefficient (Wildman–Crippen LogP) is 2.87. The van der Waals surface area contributed by atoms with Crippen LogP contribution in [-0.2, 0) is 10.0 Å². The molecule has 1 unspecified atom stereocenters. The van der Waals surface area contributed by atoms with Gasteiger partial charge in [0.1, 0.15) is 17.1 Å². The van der Waals surface area contributed by atoms with Gasteiger partial charge in [-0.05, 0) is 75.0 Å². The fourth-order valence-electron chi connectivity index (χ4n) is 4.74. The summed E-state index contributed by atoms with van der Waals surface area (Å²) in [5.41, 5.74) is 9.78. The summed E-state index contributed by atoms with van der Waals surface area (Å²) in [5.74, 6) is 0.788. The van der Waals surface area contributed by atoms with Crippen LogP contribution in [0.2, 0.25) is 0 Å². The summed E-state index contributed by atoms with van der Waals surface area (Å²) in [7, 11) is 1.76. The molecule has 12 heteroatoms. The number of nitrogen functional groups attached to an aromatic ring is 1. The Bertz CT molecular complexity index is 1650. The maximum Gasteiger partial charge on any atom is 0.261 e. The summed E-state index contributed by atoms with van der Waals surface area (Å²) in [6.45, 7) is 3.14. The fraction of sp³-hybridized carbons (Fsp3) is 0.296. The molecule has 0 radical (unpaired) electrons. The van der Waals surface area contributed by atoms with Crippen LogP contribution in [0, 0.1) is 6.92 Å². The second-order valence-electron chi connectivity index (χ2n) is 9.82. The summed E-state index contributed by atoms with van der Waals surface area (Å²) in [4.78, 5) is 21.8. The summed E-state index contributed by atoms with van der Waals surface area (Å²) in [6, 6.07) is 11.8. The molecular formula is C27H31N7O4S. The number of nitrogens with zero attached hydrogens (tertiary/aromatic N) is 5. The lowest BCUT2D eigenvalue weighted by molar-refractivity contribution is 0.0784. The molecule has 204 valence electrons. The molecule has 1 aliphatic heterocycles. The third-order valence-electron chi connectivity index (χ3n) is 7.13. The van der Waals surface area contributed by atoms with Gasteiger partial charge in [-0.25, -0.2) is 13.4 Å². The molecule has 39 heavy (non-hydrogen) atoms. The number of benzene rings is 2. The van der Waals surface area contributed by atoms with Crippen LogP contribution in [-0.4, -0.2) is 79.1 Å². The summed E-state index contributed by atoms with van der Waals surface area (Å²) in [5, 5.41) is 4.36. The Kier molecular flexibility index (Phi) is 6.91. The first-order valence-corrected chi connectivity index (χ1v) is 13.9. The Balaban J connectivity index is 1.39. The van der Waals surface area contributed by atoms with E-state index in [2.05, 4.69) is 19.7 Å². The van der Waals surface area contributed by atoms with Crippen LogP contribution < -0.4 is 15.2 Å². The highest BCUT2D eigenvalue weighted by atomic mass is 32.2. The van der Waals surface area contributed by atoms with Gasteiger partial charge in [0, 0.05) is 30.9 Å². The zero-order valence-electron chi connectivity index (χ0n) is 22.2. The van der Waals surface area contributed by atoms with Crippen LogP contribution in [0.3, 0.4) is 0 Å². The van der Waals surface area contributed by atoms with Crippen LogP contribution in [0.15, 0.2) is 59.8 Å². The Morgan fingerprint density at radius 2 is 1.90 bits per heavy atom. The maximum absolute atomic E-state index is 13.2. The first-order valence-electron chi connectivity index (χ1n) is 12.4. The van der Waals surface area contributed by atoms with Crippen molar-refractivity contribution in [3.8, 4) is 16.9 Å². The van der Waals surface area contributed by atoms with Gasteiger partial charge in [-0.1, -0.05) is 6.07 Å².